The van der Waals surface area contributed by atoms with E-state index in [1.165, 1.54) is 19.6 Å². The summed E-state index contributed by atoms with van der Waals surface area (Å²) in [6, 6.07) is 0. The Hall–Kier alpha value is -1.47. The second-order valence-electron chi connectivity index (χ2n) is 15.6. The molecule has 0 aliphatic carbocycles. The van der Waals surface area contributed by atoms with E-state index >= 15 is 0 Å². The van der Waals surface area contributed by atoms with E-state index < -0.39 is 41.6 Å². The molecule has 3 N–H and O–H groups in total. The van der Waals surface area contributed by atoms with Crippen LogP contribution in [-0.4, -0.2) is 153 Å². The van der Waals surface area contributed by atoms with Crippen LogP contribution in [0, 0.1) is 11.8 Å². The van der Waals surface area contributed by atoms with Gasteiger partial charge >= 0.3 is 12.2 Å². The Morgan fingerprint density at radius 3 is 1.19 bits per heavy atom. The number of hydrogen-bond acceptors (Lipinski definition) is 13. The highest BCUT2D eigenvalue weighted by atomic mass is 35.7. The van der Waals surface area contributed by atoms with E-state index in [1.54, 1.807) is 23.6 Å². The lowest BCUT2D eigenvalue weighted by atomic mass is 9.82. The van der Waals surface area contributed by atoms with E-state index in [-0.39, 0.29) is 37.2 Å². The van der Waals surface area contributed by atoms with Crippen LogP contribution in [0.25, 0.3) is 0 Å². The first-order chi connectivity index (χ1) is 23.3. The Balaban J connectivity index is 0. The average Bonchev–Trinajstić information content (AvgIpc) is 2.99. The molecule has 52 heavy (non-hydrogen) atoms. The number of rotatable bonds is 9. The van der Waals surface area contributed by atoms with E-state index in [4.69, 9.17) is 18.8 Å². The number of piperidine rings is 2. The quantitative estimate of drug-likeness (QED) is 0.221. The summed E-state index contributed by atoms with van der Waals surface area (Å²) in [6.45, 7) is 25.8. The number of aliphatic hydroxyl groups excluding tert-OH is 1. The van der Waals surface area contributed by atoms with Crippen molar-refractivity contribution in [3.63, 3.8) is 0 Å². The predicted molar refractivity (Wildman–Crippen MR) is 204 cm³/mol. The summed E-state index contributed by atoms with van der Waals surface area (Å²) in [4.78, 5) is 29.4. The van der Waals surface area contributed by atoms with E-state index in [2.05, 4.69) is 36.4 Å². The maximum absolute atomic E-state index is 12.0. The molecule has 0 unspecified atom stereocenters. The number of hydrogen-bond donors (Lipinski definition) is 3. The molecule has 0 bridgehead atoms. The molecule has 2 atom stereocenters. The number of amides is 2. The third-order valence-electron chi connectivity index (χ3n) is 8.28. The third kappa shape index (κ3) is 26.3. The molecule has 0 radical (unpaired) electrons. The molecule has 2 heterocycles. The Kier molecular flexibility index (Phi) is 23.1. The molecule has 2 fully saturated rings. The van der Waals surface area contributed by atoms with Gasteiger partial charge in [-0.15, -0.1) is 0 Å². The molecule has 15 nitrogen and oxygen atoms in total. The Bertz CT molecular complexity index is 1230. The van der Waals surface area contributed by atoms with Crippen LogP contribution in [0.1, 0.15) is 102 Å². The molecule has 2 aliphatic rings. The topological polar surface area (TPSA) is 201 Å². The van der Waals surface area contributed by atoms with Crippen molar-refractivity contribution in [2.75, 3.05) is 71.5 Å². The highest BCUT2D eigenvalue weighted by Gasteiger charge is 2.38. The van der Waals surface area contributed by atoms with Gasteiger partial charge in [-0.1, -0.05) is 20.8 Å². The number of likely N-dealkylation sites (tertiary alicyclic amines) is 2. The summed E-state index contributed by atoms with van der Waals surface area (Å²) in [7, 11) is -2.28. The summed E-state index contributed by atoms with van der Waals surface area (Å²) in [5, 5.41) is 29.5. The fourth-order valence-corrected chi connectivity index (χ4v) is 5.62. The second kappa shape index (κ2) is 22.8. The average molecular weight is 813 g/mol. The number of nitrogens with zero attached hydrogens (tertiary/aromatic N) is 3. The molecular formula is C34H70ClN3O12S2. The van der Waals surface area contributed by atoms with Gasteiger partial charge in [0.05, 0.1) is 36.9 Å². The van der Waals surface area contributed by atoms with Crippen molar-refractivity contribution in [3.05, 3.63) is 0 Å². The molecular weight excluding hydrogens is 742 g/mol. The number of aliphatic hydroxyl groups is 3. The minimum atomic E-state index is -3.59. The van der Waals surface area contributed by atoms with Gasteiger partial charge in [-0.05, 0) is 113 Å². The van der Waals surface area contributed by atoms with Crippen LogP contribution in [0.4, 0.5) is 9.59 Å². The minimum absolute atomic E-state index is 0.0289. The molecule has 0 spiro atoms. The van der Waals surface area contributed by atoms with Crippen LogP contribution in [0.15, 0.2) is 0 Å². The van der Waals surface area contributed by atoms with Crippen LogP contribution in [0.5, 0.6) is 0 Å². The molecule has 312 valence electrons. The lowest BCUT2D eigenvalue weighted by Gasteiger charge is -2.39. The zero-order valence-electron chi connectivity index (χ0n) is 33.9. The van der Waals surface area contributed by atoms with E-state index in [0.717, 1.165) is 12.5 Å². The summed E-state index contributed by atoms with van der Waals surface area (Å²) < 4.78 is 56.2. The van der Waals surface area contributed by atoms with Gasteiger partial charge in [0.1, 0.15) is 11.2 Å². The molecule has 2 rings (SSSR count). The lowest BCUT2D eigenvalue weighted by molar-refractivity contribution is -0.0666. The molecule has 0 saturated carbocycles. The lowest BCUT2D eigenvalue weighted by Crippen LogP contribution is -2.48. The SMILES string of the molecule is CC(C)(C)OC(=O)N1CCC([C@](C)(O)CO)CC1.CC(C)(C)OC(=O)N1CCC([C@](C)(O)COS(C)(=O)=O)CC1.CCN(CC)CC.CS(=O)(=O)Cl. The standard InChI is InChI=1S/C14H27NO6S.C13H25NO4.C6H15N.CH3ClO2S/c1-13(2,3)21-12(16)15-8-6-11(7-9-15)14(4,17)10-20-22(5,18)19;1-12(2,3)18-11(16)14-7-5-10(6-8-14)13(4,17)9-15;1-4-7(5-2)6-3;1-5(2,3)4/h11,17H,6-10H2,1-5H3;10,15,17H,5-9H2,1-4H3;4-6H2,1-3H3;1H3/t14-;13-;;/m11../s1. The highest BCUT2D eigenvalue weighted by molar-refractivity contribution is 8.13. The third-order valence-corrected chi connectivity index (χ3v) is 8.83. The highest BCUT2D eigenvalue weighted by Crippen LogP contribution is 2.30. The zero-order chi connectivity index (χ0) is 41.4. The van der Waals surface area contributed by atoms with Gasteiger partial charge in [-0.3, -0.25) is 4.18 Å². The monoisotopic (exact) mass is 811 g/mol. The maximum atomic E-state index is 12.0. The number of carbonyl (C=O) groups excluding carboxylic acids is 2. The summed E-state index contributed by atoms with van der Waals surface area (Å²) in [5.41, 5.74) is -3.32. The van der Waals surface area contributed by atoms with Gasteiger partial charge in [0.2, 0.25) is 9.05 Å². The summed E-state index contributed by atoms with van der Waals surface area (Å²) >= 11 is 0. The fraction of sp³-hybridized carbons (Fsp3) is 0.941. The van der Waals surface area contributed by atoms with Crippen molar-refractivity contribution in [3.8, 4) is 0 Å². The Labute approximate surface area is 318 Å². The zero-order valence-corrected chi connectivity index (χ0v) is 36.3. The van der Waals surface area contributed by atoms with Gasteiger partial charge in [0.25, 0.3) is 10.1 Å². The van der Waals surface area contributed by atoms with Crippen molar-refractivity contribution in [2.24, 2.45) is 11.8 Å². The van der Waals surface area contributed by atoms with Crippen LogP contribution < -0.4 is 0 Å². The molecule has 0 aromatic heterocycles. The normalized spacial score (nSPS) is 18.7. The van der Waals surface area contributed by atoms with Gasteiger partial charge < -0.3 is 39.5 Å². The minimum Gasteiger partial charge on any atom is -0.444 e. The predicted octanol–water partition coefficient (Wildman–Crippen LogP) is 4.27. The van der Waals surface area contributed by atoms with Gasteiger partial charge in [-0.25, -0.2) is 18.0 Å². The van der Waals surface area contributed by atoms with Crippen molar-refractivity contribution < 1.29 is 55.4 Å². The summed E-state index contributed by atoms with van der Waals surface area (Å²) in [6.07, 6.45) is 3.73. The van der Waals surface area contributed by atoms with Gasteiger partial charge in [-0.2, -0.15) is 8.42 Å². The molecule has 0 aromatic carbocycles. The molecule has 0 aromatic rings. The number of ether oxygens (including phenoxy) is 2. The van der Waals surface area contributed by atoms with Crippen LogP contribution in [-0.2, 0) is 32.8 Å². The first kappa shape index (κ1) is 52.6. The number of halogens is 1. The fourth-order valence-electron chi connectivity index (χ4n) is 5.16. The second-order valence-corrected chi connectivity index (χ2v) is 20.3. The smallest absolute Gasteiger partial charge is 0.410 e. The van der Waals surface area contributed by atoms with E-state index in [9.17, 15) is 36.6 Å². The van der Waals surface area contributed by atoms with E-state index in [0.29, 0.717) is 51.9 Å². The summed E-state index contributed by atoms with van der Waals surface area (Å²) in [5.74, 6) is -0.103. The van der Waals surface area contributed by atoms with Gasteiger partial charge in [0.15, 0.2) is 0 Å². The van der Waals surface area contributed by atoms with Crippen molar-refractivity contribution in [1.82, 2.24) is 14.7 Å². The first-order valence-electron chi connectivity index (χ1n) is 17.8. The van der Waals surface area contributed by atoms with E-state index in [1.807, 2.05) is 41.5 Å². The van der Waals surface area contributed by atoms with Gasteiger partial charge in [0, 0.05) is 36.9 Å². The van der Waals surface area contributed by atoms with Crippen molar-refractivity contribution in [2.45, 2.75) is 124 Å². The van der Waals surface area contributed by atoms with Crippen LogP contribution in [0.3, 0.4) is 0 Å². The largest absolute Gasteiger partial charge is 0.444 e. The molecule has 2 aliphatic heterocycles. The first-order valence-corrected chi connectivity index (χ1v) is 22.3. The molecule has 18 heteroatoms. The van der Waals surface area contributed by atoms with Crippen molar-refractivity contribution in [1.29, 1.82) is 0 Å². The maximum Gasteiger partial charge on any atom is 0.410 e. The van der Waals surface area contributed by atoms with Crippen molar-refractivity contribution >= 4 is 42.0 Å². The molecule has 2 saturated heterocycles. The Morgan fingerprint density at radius 2 is 0.981 bits per heavy atom. The van der Waals surface area contributed by atoms with Crippen LogP contribution in [0.2, 0.25) is 0 Å². The Morgan fingerprint density at radius 1 is 0.692 bits per heavy atom. The molecule has 2 amide bonds. The van der Waals surface area contributed by atoms with Crippen LogP contribution >= 0.6 is 10.7 Å². The number of carbonyl (C=O) groups is 2.